The van der Waals surface area contributed by atoms with E-state index in [2.05, 4.69) is 0 Å². The zero-order valence-corrected chi connectivity index (χ0v) is 17.7. The molecule has 3 aromatic rings. The maximum absolute atomic E-state index is 10.7. The Morgan fingerprint density at radius 2 is 1.38 bits per heavy atom. The van der Waals surface area contributed by atoms with E-state index in [1.165, 1.54) is 0 Å². The summed E-state index contributed by atoms with van der Waals surface area (Å²) in [5.41, 5.74) is 1.09. The predicted molar refractivity (Wildman–Crippen MR) is 116 cm³/mol. The molecular weight excluding hydrogens is 454 g/mol. The van der Waals surface area contributed by atoms with Crippen molar-refractivity contribution in [2.75, 3.05) is 0 Å². The molecule has 0 aromatic heterocycles. The molecule has 2 atom stereocenters. The van der Waals surface area contributed by atoms with Gasteiger partial charge in [-0.1, -0.05) is 101 Å². The van der Waals surface area contributed by atoms with Crippen LogP contribution in [0, 0.1) is 0 Å². The maximum atomic E-state index is 10.7. The van der Waals surface area contributed by atoms with Gasteiger partial charge in [-0.15, -0.1) is 0 Å². The van der Waals surface area contributed by atoms with Gasteiger partial charge in [-0.2, -0.15) is 0 Å². The fourth-order valence-corrected chi connectivity index (χ4v) is 4.81. The van der Waals surface area contributed by atoms with Crippen LogP contribution in [0.5, 0.6) is 11.5 Å². The first-order chi connectivity index (χ1) is 13.9. The summed E-state index contributed by atoms with van der Waals surface area (Å²) in [6.07, 6.45) is 0.878. The predicted octanol–water partition coefficient (Wildman–Crippen LogP) is 7.30. The topological polar surface area (TPSA) is 38.7 Å². The number of fused-ring (bicyclic) bond motifs is 4. The fourth-order valence-electron chi connectivity index (χ4n) is 3.90. The van der Waals surface area contributed by atoms with Gasteiger partial charge in [0.05, 0.1) is 10.0 Å². The maximum Gasteiger partial charge on any atom is 0.200 e. The Kier molecular flexibility index (Phi) is 4.41. The van der Waals surface area contributed by atoms with E-state index in [4.69, 9.17) is 55.9 Å². The minimum absolute atomic E-state index is 0.0808. The van der Waals surface area contributed by atoms with Gasteiger partial charge in [-0.05, 0) is 0 Å². The lowest BCUT2D eigenvalue weighted by atomic mass is 9.74. The van der Waals surface area contributed by atoms with Crippen LogP contribution in [0.15, 0.2) is 60.7 Å². The van der Waals surface area contributed by atoms with E-state index in [1.807, 2.05) is 54.6 Å². The summed E-state index contributed by atoms with van der Waals surface area (Å²) in [6.45, 7) is 0. The summed E-state index contributed by atoms with van der Waals surface area (Å²) in [5, 5.41) is 11.0. The van der Waals surface area contributed by atoms with Crippen molar-refractivity contribution < 1.29 is 14.6 Å². The summed E-state index contributed by atoms with van der Waals surface area (Å²) in [4.78, 5) is 0. The standard InChI is InChI=1S/C22H12Cl4O3/c23-16-17(24)19(26)21-20(18(16)25)28-15-10-14(27)12-8-4-5-9-13(12)22(15,29-21)11-6-2-1-3-7-11/h1-10,15,27H/t15-,22+/m0/s1. The molecule has 0 amide bonds. The molecule has 5 rings (SSSR count). The Labute approximate surface area is 187 Å². The highest BCUT2D eigenvalue weighted by molar-refractivity contribution is 6.53. The second-order valence-electron chi connectivity index (χ2n) is 6.75. The molecule has 146 valence electrons. The minimum Gasteiger partial charge on any atom is -0.508 e. The second kappa shape index (κ2) is 6.75. The average Bonchev–Trinajstić information content (AvgIpc) is 2.76. The second-order valence-corrected chi connectivity index (χ2v) is 8.27. The number of hydrogen-bond donors (Lipinski definition) is 1. The van der Waals surface area contributed by atoms with E-state index < -0.39 is 11.7 Å². The molecular formula is C22H12Cl4O3. The van der Waals surface area contributed by atoms with E-state index >= 15 is 0 Å². The number of hydrogen-bond acceptors (Lipinski definition) is 3. The van der Waals surface area contributed by atoms with Crippen molar-refractivity contribution in [1.29, 1.82) is 0 Å². The molecule has 2 aliphatic rings. The van der Waals surface area contributed by atoms with Gasteiger partial charge in [0.2, 0.25) is 5.60 Å². The van der Waals surface area contributed by atoms with Crippen LogP contribution in [0.4, 0.5) is 0 Å². The SMILES string of the molecule is OC1=C[C@@H]2Oc3c(Cl)c(Cl)c(Cl)c(Cl)c3O[C@]2(c2ccccc2)c2ccccc21. The molecule has 0 radical (unpaired) electrons. The van der Waals surface area contributed by atoms with Gasteiger partial charge in [0, 0.05) is 22.8 Å². The van der Waals surface area contributed by atoms with Gasteiger partial charge >= 0.3 is 0 Å². The highest BCUT2D eigenvalue weighted by Gasteiger charge is 2.54. The first-order valence-corrected chi connectivity index (χ1v) is 10.2. The molecule has 1 N–H and O–H groups in total. The Balaban J connectivity index is 1.86. The number of aliphatic hydroxyl groups excluding tert-OH is 1. The number of ether oxygens (including phenoxy) is 2. The number of benzene rings is 3. The van der Waals surface area contributed by atoms with Gasteiger partial charge in [-0.25, -0.2) is 0 Å². The monoisotopic (exact) mass is 464 g/mol. The molecule has 29 heavy (non-hydrogen) atoms. The number of aliphatic hydroxyl groups is 1. The van der Waals surface area contributed by atoms with Crippen LogP contribution in [0.1, 0.15) is 16.7 Å². The van der Waals surface area contributed by atoms with Crippen molar-refractivity contribution in [2.24, 2.45) is 0 Å². The fraction of sp³-hybridized carbons (Fsp3) is 0.0909. The molecule has 3 aromatic carbocycles. The zero-order chi connectivity index (χ0) is 20.3. The Morgan fingerprint density at radius 1 is 0.759 bits per heavy atom. The van der Waals surface area contributed by atoms with Crippen LogP contribution in [0.2, 0.25) is 20.1 Å². The van der Waals surface area contributed by atoms with E-state index in [0.717, 1.165) is 11.1 Å². The van der Waals surface area contributed by atoms with Crippen molar-refractivity contribution in [3.05, 3.63) is 97.5 Å². The molecule has 3 nitrogen and oxygen atoms in total. The molecule has 0 saturated carbocycles. The van der Waals surface area contributed by atoms with Crippen LogP contribution >= 0.6 is 46.4 Å². The summed E-state index contributed by atoms with van der Waals surface area (Å²) in [5.74, 6) is 0.480. The minimum atomic E-state index is -1.11. The molecule has 1 aliphatic carbocycles. The van der Waals surface area contributed by atoms with E-state index in [1.54, 1.807) is 6.08 Å². The molecule has 0 unspecified atom stereocenters. The van der Waals surface area contributed by atoms with Gasteiger partial charge in [-0.3, -0.25) is 0 Å². The summed E-state index contributed by atoms with van der Waals surface area (Å²) in [7, 11) is 0. The Morgan fingerprint density at radius 3 is 2.10 bits per heavy atom. The summed E-state index contributed by atoms with van der Waals surface area (Å²) >= 11 is 25.3. The smallest absolute Gasteiger partial charge is 0.200 e. The van der Waals surface area contributed by atoms with Crippen LogP contribution in [0.3, 0.4) is 0 Å². The van der Waals surface area contributed by atoms with Crippen molar-refractivity contribution in [2.45, 2.75) is 11.7 Å². The van der Waals surface area contributed by atoms with E-state index in [-0.39, 0.29) is 37.3 Å². The Hall–Kier alpha value is -2.04. The highest BCUT2D eigenvalue weighted by atomic mass is 35.5. The summed E-state index contributed by atoms with van der Waals surface area (Å²) in [6, 6.07) is 17.0. The van der Waals surface area contributed by atoms with Crippen LogP contribution in [-0.4, -0.2) is 11.2 Å². The van der Waals surface area contributed by atoms with E-state index in [0.29, 0.717) is 5.56 Å². The van der Waals surface area contributed by atoms with Gasteiger partial charge in [0.1, 0.15) is 15.8 Å². The third kappa shape index (κ3) is 2.58. The molecule has 0 bridgehead atoms. The van der Waals surface area contributed by atoms with Crippen LogP contribution in [-0.2, 0) is 5.60 Å². The highest BCUT2D eigenvalue weighted by Crippen LogP contribution is 2.58. The largest absolute Gasteiger partial charge is 0.508 e. The number of rotatable bonds is 1. The van der Waals surface area contributed by atoms with Crippen molar-refractivity contribution in [3.63, 3.8) is 0 Å². The molecule has 0 fully saturated rings. The first-order valence-electron chi connectivity index (χ1n) is 8.73. The van der Waals surface area contributed by atoms with Gasteiger partial charge in [0.15, 0.2) is 17.6 Å². The molecule has 1 aliphatic heterocycles. The average molecular weight is 466 g/mol. The lowest BCUT2D eigenvalue weighted by molar-refractivity contribution is -0.0220. The summed E-state index contributed by atoms with van der Waals surface area (Å²) < 4.78 is 12.8. The molecule has 0 spiro atoms. The molecule has 0 saturated heterocycles. The number of halogens is 4. The van der Waals surface area contributed by atoms with Crippen LogP contribution < -0.4 is 9.47 Å². The Bertz CT molecular complexity index is 1180. The quantitative estimate of drug-likeness (QED) is 0.302. The van der Waals surface area contributed by atoms with Crippen molar-refractivity contribution in [3.8, 4) is 11.5 Å². The van der Waals surface area contributed by atoms with Gasteiger partial charge < -0.3 is 14.6 Å². The lowest BCUT2D eigenvalue weighted by Gasteiger charge is -2.47. The van der Waals surface area contributed by atoms with E-state index in [9.17, 15) is 5.11 Å². The third-order valence-electron chi connectivity index (χ3n) is 5.21. The molecule has 1 heterocycles. The van der Waals surface area contributed by atoms with Crippen molar-refractivity contribution >= 4 is 52.2 Å². The van der Waals surface area contributed by atoms with Crippen molar-refractivity contribution in [1.82, 2.24) is 0 Å². The normalized spacial score (nSPS) is 21.8. The third-order valence-corrected chi connectivity index (χ3v) is 6.97. The first kappa shape index (κ1) is 19.0. The lowest BCUT2D eigenvalue weighted by Crippen LogP contribution is -2.52. The van der Waals surface area contributed by atoms with Crippen LogP contribution in [0.25, 0.3) is 5.76 Å². The zero-order valence-electron chi connectivity index (χ0n) is 14.6. The molecule has 7 heteroatoms. The van der Waals surface area contributed by atoms with Gasteiger partial charge in [0.25, 0.3) is 0 Å².